The number of hydrogen-bond donors (Lipinski definition) is 2. The predicted molar refractivity (Wildman–Crippen MR) is 83.8 cm³/mol. The van der Waals surface area contributed by atoms with E-state index in [4.69, 9.17) is 9.26 Å². The lowest BCUT2D eigenvalue weighted by Crippen LogP contribution is -2.38. The summed E-state index contributed by atoms with van der Waals surface area (Å²) >= 11 is 0. The maximum absolute atomic E-state index is 11.9. The molecule has 1 aliphatic rings. The molecule has 2 heterocycles. The van der Waals surface area contributed by atoms with Gasteiger partial charge < -0.3 is 19.9 Å². The van der Waals surface area contributed by atoms with Gasteiger partial charge in [-0.1, -0.05) is 5.16 Å². The Morgan fingerprint density at radius 2 is 2.23 bits per heavy atom. The summed E-state index contributed by atoms with van der Waals surface area (Å²) in [5, 5.41) is 9.73. The highest BCUT2D eigenvalue weighted by molar-refractivity contribution is 5.74. The summed E-state index contributed by atoms with van der Waals surface area (Å²) in [6, 6.07) is -0.273. The molecule has 22 heavy (non-hydrogen) atoms. The molecule has 1 fully saturated rings. The first-order valence-corrected chi connectivity index (χ1v) is 8.16. The van der Waals surface area contributed by atoms with Crippen molar-refractivity contribution in [3.63, 3.8) is 0 Å². The van der Waals surface area contributed by atoms with Gasteiger partial charge in [-0.3, -0.25) is 0 Å². The number of carbonyl (C=O) groups excluding carboxylic acids is 1. The Morgan fingerprint density at radius 1 is 1.41 bits per heavy atom. The second-order valence-corrected chi connectivity index (χ2v) is 5.99. The van der Waals surface area contributed by atoms with Crippen LogP contribution in [0.3, 0.4) is 0 Å². The normalized spacial score (nSPS) is 19.7. The van der Waals surface area contributed by atoms with Crippen LogP contribution in [0.1, 0.15) is 62.1 Å². The van der Waals surface area contributed by atoms with E-state index in [-0.39, 0.29) is 12.1 Å². The summed E-state index contributed by atoms with van der Waals surface area (Å²) in [6.07, 6.45) is 5.91. The number of rotatable bonds is 6. The first-order valence-electron chi connectivity index (χ1n) is 8.16. The quantitative estimate of drug-likeness (QED) is 0.792. The fourth-order valence-electron chi connectivity index (χ4n) is 2.99. The van der Waals surface area contributed by atoms with Gasteiger partial charge in [0.05, 0.1) is 17.8 Å². The molecular formula is C16H27N3O3. The second-order valence-electron chi connectivity index (χ2n) is 5.99. The first-order chi connectivity index (χ1) is 10.6. The third kappa shape index (κ3) is 4.73. The van der Waals surface area contributed by atoms with E-state index >= 15 is 0 Å². The van der Waals surface area contributed by atoms with Crippen LogP contribution < -0.4 is 10.6 Å². The molecule has 1 aliphatic heterocycles. The average molecular weight is 309 g/mol. The molecule has 6 nitrogen and oxygen atoms in total. The molecule has 1 aromatic heterocycles. The number of aryl methyl sites for hydroxylation is 2. The molecule has 0 spiro atoms. The molecule has 0 bridgehead atoms. The van der Waals surface area contributed by atoms with Crippen molar-refractivity contribution in [2.45, 2.75) is 65.0 Å². The minimum absolute atomic E-state index is 0.118. The van der Waals surface area contributed by atoms with Crippen LogP contribution in [-0.4, -0.2) is 30.4 Å². The van der Waals surface area contributed by atoms with Crippen molar-refractivity contribution in [2.75, 3.05) is 13.2 Å². The molecular weight excluding hydrogens is 282 g/mol. The Labute approximate surface area is 132 Å². The number of carbonyl (C=O) groups is 1. The Kier molecular flexibility index (Phi) is 6.24. The number of nitrogens with one attached hydrogen (secondary N) is 2. The van der Waals surface area contributed by atoms with Gasteiger partial charge in [-0.2, -0.15) is 0 Å². The summed E-state index contributed by atoms with van der Waals surface area (Å²) in [5.74, 6) is 0.750. The molecule has 6 heteroatoms. The molecule has 0 saturated carbocycles. The Bertz CT molecular complexity index is 461. The van der Waals surface area contributed by atoms with Gasteiger partial charge in [-0.15, -0.1) is 0 Å². The van der Waals surface area contributed by atoms with Crippen molar-refractivity contribution in [2.24, 2.45) is 0 Å². The minimum atomic E-state index is -0.155. The standard InChI is InChI=1S/C16H27N3O3/c1-11(15-12(2)19-22-13(15)3)18-16(20)17-9-6-8-14-7-4-5-10-21-14/h11,14H,4-10H2,1-3H3,(H2,17,18,20)/t11-,14+/m0/s1. The van der Waals surface area contributed by atoms with Crippen molar-refractivity contribution in [1.82, 2.24) is 15.8 Å². The third-order valence-corrected chi connectivity index (χ3v) is 4.13. The van der Waals surface area contributed by atoms with E-state index in [1.165, 1.54) is 12.8 Å². The number of amides is 2. The Balaban J connectivity index is 1.65. The zero-order valence-electron chi connectivity index (χ0n) is 13.8. The van der Waals surface area contributed by atoms with Gasteiger partial charge in [0.25, 0.3) is 0 Å². The highest BCUT2D eigenvalue weighted by Crippen LogP contribution is 2.20. The van der Waals surface area contributed by atoms with Gasteiger partial charge in [-0.25, -0.2) is 4.79 Å². The highest BCUT2D eigenvalue weighted by atomic mass is 16.5. The zero-order chi connectivity index (χ0) is 15.9. The fourth-order valence-corrected chi connectivity index (χ4v) is 2.99. The molecule has 1 saturated heterocycles. The van der Waals surface area contributed by atoms with E-state index in [0.717, 1.165) is 42.9 Å². The second kappa shape index (κ2) is 8.17. The van der Waals surface area contributed by atoms with E-state index in [0.29, 0.717) is 12.6 Å². The Morgan fingerprint density at radius 3 is 2.86 bits per heavy atom. The van der Waals surface area contributed by atoms with E-state index in [2.05, 4.69) is 15.8 Å². The highest BCUT2D eigenvalue weighted by Gasteiger charge is 2.18. The summed E-state index contributed by atoms with van der Waals surface area (Å²) < 4.78 is 10.8. The first kappa shape index (κ1) is 16.8. The molecule has 2 rings (SSSR count). The van der Waals surface area contributed by atoms with Crippen molar-refractivity contribution < 1.29 is 14.1 Å². The van der Waals surface area contributed by atoms with Gasteiger partial charge in [0.15, 0.2) is 0 Å². The maximum Gasteiger partial charge on any atom is 0.315 e. The molecule has 0 aromatic carbocycles. The Hall–Kier alpha value is -1.56. The molecule has 0 aliphatic carbocycles. The topological polar surface area (TPSA) is 76.4 Å². The minimum Gasteiger partial charge on any atom is -0.378 e. The summed E-state index contributed by atoms with van der Waals surface area (Å²) in [6.45, 7) is 7.22. The summed E-state index contributed by atoms with van der Waals surface area (Å²) in [7, 11) is 0. The van der Waals surface area contributed by atoms with Gasteiger partial charge >= 0.3 is 6.03 Å². The number of urea groups is 1. The summed E-state index contributed by atoms with van der Waals surface area (Å²) in [5.41, 5.74) is 1.77. The van der Waals surface area contributed by atoms with Gasteiger partial charge in [0, 0.05) is 18.7 Å². The lowest BCUT2D eigenvalue weighted by atomic mass is 10.0. The van der Waals surface area contributed by atoms with E-state index in [9.17, 15) is 4.79 Å². The largest absolute Gasteiger partial charge is 0.378 e. The molecule has 0 radical (unpaired) electrons. The molecule has 2 amide bonds. The van der Waals surface area contributed by atoms with Crippen LogP contribution in [0, 0.1) is 13.8 Å². The van der Waals surface area contributed by atoms with Gasteiger partial charge in [0.2, 0.25) is 0 Å². The van der Waals surface area contributed by atoms with Crippen molar-refractivity contribution in [3.8, 4) is 0 Å². The van der Waals surface area contributed by atoms with Crippen molar-refractivity contribution in [1.29, 1.82) is 0 Å². The van der Waals surface area contributed by atoms with Gasteiger partial charge in [-0.05, 0) is 52.9 Å². The summed E-state index contributed by atoms with van der Waals surface area (Å²) in [4.78, 5) is 11.9. The lowest BCUT2D eigenvalue weighted by molar-refractivity contribution is 0.0103. The molecule has 124 valence electrons. The van der Waals surface area contributed by atoms with E-state index < -0.39 is 0 Å². The molecule has 2 N–H and O–H groups in total. The van der Waals surface area contributed by atoms with Crippen molar-refractivity contribution in [3.05, 3.63) is 17.0 Å². The molecule has 1 aromatic rings. The van der Waals surface area contributed by atoms with Crippen LogP contribution in [-0.2, 0) is 4.74 Å². The number of ether oxygens (including phenoxy) is 1. The van der Waals surface area contributed by atoms with Crippen LogP contribution >= 0.6 is 0 Å². The fraction of sp³-hybridized carbons (Fsp3) is 0.750. The van der Waals surface area contributed by atoms with Crippen LogP contribution in [0.15, 0.2) is 4.52 Å². The average Bonchev–Trinajstić information content (AvgIpc) is 2.84. The predicted octanol–water partition coefficient (Wildman–Crippen LogP) is 3.00. The third-order valence-electron chi connectivity index (χ3n) is 4.13. The molecule has 0 unspecified atom stereocenters. The van der Waals surface area contributed by atoms with Crippen LogP contribution in [0.2, 0.25) is 0 Å². The van der Waals surface area contributed by atoms with Gasteiger partial charge in [0.1, 0.15) is 5.76 Å². The van der Waals surface area contributed by atoms with Crippen LogP contribution in [0.5, 0.6) is 0 Å². The zero-order valence-corrected chi connectivity index (χ0v) is 13.8. The number of nitrogens with zero attached hydrogens (tertiary/aromatic N) is 1. The molecule has 2 atom stereocenters. The maximum atomic E-state index is 11.9. The van der Waals surface area contributed by atoms with E-state index in [1.54, 1.807) is 0 Å². The lowest BCUT2D eigenvalue weighted by Gasteiger charge is -2.22. The SMILES string of the molecule is Cc1noc(C)c1[C@H](C)NC(=O)NCCC[C@H]1CCCCO1. The van der Waals surface area contributed by atoms with Crippen LogP contribution in [0.4, 0.5) is 4.79 Å². The monoisotopic (exact) mass is 309 g/mol. The van der Waals surface area contributed by atoms with Crippen molar-refractivity contribution >= 4 is 6.03 Å². The smallest absolute Gasteiger partial charge is 0.315 e. The van der Waals surface area contributed by atoms with E-state index in [1.807, 2.05) is 20.8 Å². The number of hydrogen-bond acceptors (Lipinski definition) is 4. The van der Waals surface area contributed by atoms with Crippen LogP contribution in [0.25, 0.3) is 0 Å². The number of aromatic nitrogens is 1.